The highest BCUT2D eigenvalue weighted by molar-refractivity contribution is 4.84. The van der Waals surface area contributed by atoms with Gasteiger partial charge in [0.05, 0.1) is 0 Å². The normalized spacial score (nSPS) is 24.8. The Morgan fingerprint density at radius 2 is 2.12 bits per heavy atom. The van der Waals surface area contributed by atoms with Crippen LogP contribution in [0.25, 0.3) is 0 Å². The van der Waals surface area contributed by atoms with Crippen molar-refractivity contribution in [2.24, 2.45) is 11.8 Å². The zero-order valence-corrected chi connectivity index (χ0v) is 9.06. The van der Waals surface area contributed by atoms with E-state index in [9.17, 15) is 9.59 Å². The maximum Gasteiger partial charge on any atom is 0.328 e. The van der Waals surface area contributed by atoms with E-state index in [1.165, 1.54) is 16.8 Å². The molecule has 0 saturated heterocycles. The first kappa shape index (κ1) is 11.1. The molecule has 5 heteroatoms. The van der Waals surface area contributed by atoms with Crippen molar-refractivity contribution in [3.05, 3.63) is 33.1 Å². The predicted molar refractivity (Wildman–Crippen MR) is 59.2 cm³/mol. The molecule has 1 aromatic heterocycles. The van der Waals surface area contributed by atoms with E-state index in [1.807, 2.05) is 0 Å². The molecule has 88 valence electrons. The van der Waals surface area contributed by atoms with E-state index in [-0.39, 0.29) is 17.9 Å². The van der Waals surface area contributed by atoms with Gasteiger partial charge in [-0.15, -0.1) is 0 Å². The van der Waals surface area contributed by atoms with Gasteiger partial charge in [0.25, 0.3) is 5.56 Å². The standard InChI is InChI=1S/C11H16N2O3/c14-7-9-2-1-8(5-9)6-13-4-3-10(15)12-11(13)16/h3-4,8-9,14H,1-2,5-7H2,(H,12,15,16)/t8-,9+/m1/s1. The number of aromatic amines is 1. The molecule has 1 aliphatic rings. The van der Waals surface area contributed by atoms with E-state index >= 15 is 0 Å². The first-order chi connectivity index (χ1) is 7.69. The summed E-state index contributed by atoms with van der Waals surface area (Å²) >= 11 is 0. The zero-order chi connectivity index (χ0) is 11.5. The van der Waals surface area contributed by atoms with Crippen molar-refractivity contribution >= 4 is 0 Å². The lowest BCUT2D eigenvalue weighted by atomic mass is 10.1. The second-order valence-corrected chi connectivity index (χ2v) is 4.49. The van der Waals surface area contributed by atoms with Crippen LogP contribution in [0.1, 0.15) is 19.3 Å². The van der Waals surface area contributed by atoms with Crippen LogP contribution in [0.4, 0.5) is 0 Å². The van der Waals surface area contributed by atoms with Gasteiger partial charge in [0.1, 0.15) is 0 Å². The first-order valence-corrected chi connectivity index (χ1v) is 5.59. The minimum absolute atomic E-state index is 0.233. The number of H-pyrrole nitrogens is 1. The molecular formula is C11H16N2O3. The second kappa shape index (κ2) is 4.65. The summed E-state index contributed by atoms with van der Waals surface area (Å²) in [5.74, 6) is 0.809. The van der Waals surface area contributed by atoms with Gasteiger partial charge in [0.15, 0.2) is 0 Å². The van der Waals surface area contributed by atoms with Gasteiger partial charge in [-0.1, -0.05) is 0 Å². The Morgan fingerprint density at radius 1 is 1.38 bits per heavy atom. The number of hydrogen-bond donors (Lipinski definition) is 2. The molecule has 2 rings (SSSR count). The Morgan fingerprint density at radius 3 is 2.75 bits per heavy atom. The summed E-state index contributed by atoms with van der Waals surface area (Å²) in [4.78, 5) is 24.6. The molecule has 1 saturated carbocycles. The van der Waals surface area contributed by atoms with Gasteiger partial charge in [0, 0.05) is 25.4 Å². The smallest absolute Gasteiger partial charge is 0.328 e. The summed E-state index contributed by atoms with van der Waals surface area (Å²) in [6.07, 6.45) is 4.56. The molecule has 0 aromatic carbocycles. The summed E-state index contributed by atoms with van der Waals surface area (Å²) in [5, 5.41) is 9.02. The van der Waals surface area contributed by atoms with E-state index in [0.717, 1.165) is 19.3 Å². The molecule has 0 unspecified atom stereocenters. The fourth-order valence-corrected chi connectivity index (χ4v) is 2.38. The van der Waals surface area contributed by atoms with Crippen molar-refractivity contribution in [3.8, 4) is 0 Å². The molecule has 1 aliphatic carbocycles. The summed E-state index contributed by atoms with van der Waals surface area (Å²) in [5.41, 5.74) is -0.708. The highest BCUT2D eigenvalue weighted by Gasteiger charge is 2.24. The lowest BCUT2D eigenvalue weighted by molar-refractivity contribution is 0.224. The topological polar surface area (TPSA) is 75.1 Å². The van der Waals surface area contributed by atoms with Crippen LogP contribution in [0.3, 0.4) is 0 Å². The molecule has 2 N–H and O–H groups in total. The molecule has 0 aliphatic heterocycles. The highest BCUT2D eigenvalue weighted by Crippen LogP contribution is 2.31. The van der Waals surface area contributed by atoms with Gasteiger partial charge in [-0.25, -0.2) is 4.79 Å². The molecule has 16 heavy (non-hydrogen) atoms. The van der Waals surface area contributed by atoms with Crippen LogP contribution in [0, 0.1) is 11.8 Å². The Hall–Kier alpha value is -1.36. The number of aromatic nitrogens is 2. The quantitative estimate of drug-likeness (QED) is 0.755. The van der Waals surface area contributed by atoms with Crippen LogP contribution < -0.4 is 11.2 Å². The fraction of sp³-hybridized carbons (Fsp3) is 0.636. The van der Waals surface area contributed by atoms with Crippen LogP contribution in [0.2, 0.25) is 0 Å². The van der Waals surface area contributed by atoms with Crippen LogP contribution in [-0.2, 0) is 6.54 Å². The maximum atomic E-state index is 11.4. The molecule has 1 heterocycles. The molecule has 0 spiro atoms. The minimum atomic E-state index is -0.360. The average molecular weight is 224 g/mol. The number of rotatable bonds is 3. The third-order valence-corrected chi connectivity index (χ3v) is 3.26. The summed E-state index contributed by atoms with van der Waals surface area (Å²) in [6, 6.07) is 1.36. The van der Waals surface area contributed by atoms with Crippen molar-refractivity contribution in [2.75, 3.05) is 6.61 Å². The van der Waals surface area contributed by atoms with Crippen molar-refractivity contribution in [1.82, 2.24) is 9.55 Å². The molecular weight excluding hydrogens is 208 g/mol. The third-order valence-electron chi connectivity index (χ3n) is 3.26. The molecule has 0 amide bonds. The summed E-state index contributed by atoms with van der Waals surface area (Å²) < 4.78 is 1.53. The van der Waals surface area contributed by atoms with E-state index in [1.54, 1.807) is 0 Å². The molecule has 1 aromatic rings. The number of aliphatic hydroxyl groups is 1. The van der Waals surface area contributed by atoms with Crippen molar-refractivity contribution in [1.29, 1.82) is 0 Å². The van der Waals surface area contributed by atoms with Crippen LogP contribution in [0.5, 0.6) is 0 Å². The Labute approximate surface area is 92.7 Å². The number of hydrogen-bond acceptors (Lipinski definition) is 3. The Bertz CT molecular complexity index is 463. The van der Waals surface area contributed by atoms with Gasteiger partial charge >= 0.3 is 5.69 Å². The van der Waals surface area contributed by atoms with Crippen LogP contribution >= 0.6 is 0 Å². The maximum absolute atomic E-state index is 11.4. The van der Waals surface area contributed by atoms with E-state index in [2.05, 4.69) is 4.98 Å². The van der Waals surface area contributed by atoms with Crippen molar-refractivity contribution < 1.29 is 5.11 Å². The Kier molecular flexibility index (Phi) is 3.24. The number of nitrogens with one attached hydrogen (secondary N) is 1. The van der Waals surface area contributed by atoms with E-state index in [0.29, 0.717) is 18.4 Å². The largest absolute Gasteiger partial charge is 0.396 e. The van der Waals surface area contributed by atoms with Crippen LogP contribution in [0.15, 0.2) is 21.9 Å². The van der Waals surface area contributed by atoms with Gasteiger partial charge in [-0.2, -0.15) is 0 Å². The Balaban J connectivity index is 2.05. The molecule has 1 fully saturated rings. The van der Waals surface area contributed by atoms with Crippen molar-refractivity contribution in [3.63, 3.8) is 0 Å². The zero-order valence-electron chi connectivity index (χ0n) is 9.06. The average Bonchev–Trinajstić information content (AvgIpc) is 2.70. The van der Waals surface area contributed by atoms with Gasteiger partial charge in [-0.3, -0.25) is 9.78 Å². The SMILES string of the molecule is O=c1ccn(C[C@@H]2CC[C@H](CO)C2)c(=O)[nH]1. The van der Waals surface area contributed by atoms with E-state index in [4.69, 9.17) is 5.11 Å². The van der Waals surface area contributed by atoms with Gasteiger partial charge in [-0.05, 0) is 31.1 Å². The molecule has 5 nitrogen and oxygen atoms in total. The molecule has 2 atom stereocenters. The monoisotopic (exact) mass is 224 g/mol. The van der Waals surface area contributed by atoms with Crippen LogP contribution in [-0.4, -0.2) is 21.3 Å². The first-order valence-electron chi connectivity index (χ1n) is 5.59. The minimum Gasteiger partial charge on any atom is -0.396 e. The van der Waals surface area contributed by atoms with E-state index < -0.39 is 0 Å². The van der Waals surface area contributed by atoms with Crippen molar-refractivity contribution in [2.45, 2.75) is 25.8 Å². The summed E-state index contributed by atoms with van der Waals surface area (Å²) in [6.45, 7) is 0.864. The second-order valence-electron chi connectivity index (χ2n) is 4.49. The fourth-order valence-electron chi connectivity index (χ4n) is 2.38. The summed E-state index contributed by atoms with van der Waals surface area (Å²) in [7, 11) is 0. The highest BCUT2D eigenvalue weighted by atomic mass is 16.3. The molecule has 0 bridgehead atoms. The lowest BCUT2D eigenvalue weighted by Crippen LogP contribution is -2.30. The molecule has 0 radical (unpaired) electrons. The van der Waals surface area contributed by atoms with Gasteiger partial charge in [0.2, 0.25) is 0 Å². The predicted octanol–water partition coefficient (Wildman–Crippen LogP) is -0.0548. The van der Waals surface area contributed by atoms with Gasteiger partial charge < -0.3 is 9.67 Å². The lowest BCUT2D eigenvalue weighted by Gasteiger charge is -2.11. The third kappa shape index (κ3) is 2.41. The number of aliphatic hydroxyl groups excluding tert-OH is 1. The number of nitrogens with zero attached hydrogens (tertiary/aromatic N) is 1.